The molecule has 22 aromatic rings. The maximum absolute atomic E-state index is 5.05. The van der Waals surface area contributed by atoms with E-state index in [4.69, 9.17) is 59.8 Å². The van der Waals surface area contributed by atoms with Crippen LogP contribution in [0.2, 0.25) is 0 Å². The predicted octanol–water partition coefficient (Wildman–Crippen LogP) is 27.4. The SMILES string of the molecule is c1ccc(-c2ccc(-c3nc(-c4ccc(-c5ccccc5)cc4)nc(-c4cccc(-c5ncnc6c5Cc5ccccc5-6)c4)n3)cc2)cc1.c1ccc(-c2ccc(-c3nc(-c4ccccc4)nc(-c4cccc(-c5ncnc6c5Cc5ccccc5-6)c4)n3)cc2)cc1.c1ccc(-c2nc(-c3ccccc3)nc(-c3ccc(-c4cccc(-c5ncnc6c5Cc5ccccc5-6)c4)cc3)n2)cc1. The quantitative estimate of drug-likeness (QED) is 0.0886. The Hall–Kier alpha value is -18.2. The van der Waals surface area contributed by atoms with Gasteiger partial charge in [0.25, 0.3) is 0 Å². The van der Waals surface area contributed by atoms with Crippen molar-refractivity contribution in [1.82, 2.24) is 74.8 Å². The van der Waals surface area contributed by atoms with E-state index in [0.29, 0.717) is 52.4 Å². The van der Waals surface area contributed by atoms with Crippen LogP contribution in [0.4, 0.5) is 0 Å². The first-order valence-electron chi connectivity index (χ1n) is 45.0. The van der Waals surface area contributed by atoms with Gasteiger partial charge in [-0.1, -0.05) is 406 Å². The lowest BCUT2D eigenvalue weighted by Crippen LogP contribution is -2.01. The smallest absolute Gasteiger partial charge is 0.164 e. The fraction of sp³-hybridized carbons (Fsp3) is 0.0250. The molecule has 6 heterocycles. The third kappa shape index (κ3) is 16.8. The van der Waals surface area contributed by atoms with E-state index in [-0.39, 0.29) is 0 Å². The van der Waals surface area contributed by atoms with Gasteiger partial charge in [-0.05, 0) is 79.4 Å². The van der Waals surface area contributed by atoms with E-state index in [1.807, 2.05) is 127 Å². The van der Waals surface area contributed by atoms with Crippen molar-refractivity contribution in [3.8, 4) is 215 Å². The van der Waals surface area contributed by atoms with Crippen molar-refractivity contribution in [2.45, 2.75) is 19.3 Å². The highest BCUT2D eigenvalue weighted by Crippen LogP contribution is 2.45. The number of rotatable bonds is 16. The van der Waals surface area contributed by atoms with Crippen LogP contribution >= 0.6 is 0 Å². The molecule has 634 valence electrons. The van der Waals surface area contributed by atoms with Crippen LogP contribution in [-0.2, 0) is 19.3 Å². The first-order valence-corrected chi connectivity index (χ1v) is 45.0. The molecule has 0 fully saturated rings. The van der Waals surface area contributed by atoms with Crippen LogP contribution in [0.1, 0.15) is 33.4 Å². The highest BCUT2D eigenvalue weighted by molar-refractivity contribution is 5.87. The Labute approximate surface area is 780 Å². The number of hydrogen-bond donors (Lipinski definition) is 0. The summed E-state index contributed by atoms with van der Waals surface area (Å²) in [5.41, 5.74) is 37.5. The third-order valence-corrected chi connectivity index (χ3v) is 24.9. The molecule has 0 spiro atoms. The number of aromatic nitrogens is 15. The first kappa shape index (κ1) is 81.3. The van der Waals surface area contributed by atoms with Crippen molar-refractivity contribution in [1.29, 1.82) is 0 Å². The zero-order chi connectivity index (χ0) is 89.8. The van der Waals surface area contributed by atoms with Gasteiger partial charge in [0.2, 0.25) is 0 Å². The predicted molar refractivity (Wildman–Crippen MR) is 538 cm³/mol. The molecule has 0 unspecified atom stereocenters. The molecule has 3 aliphatic rings. The third-order valence-electron chi connectivity index (χ3n) is 24.9. The van der Waals surface area contributed by atoms with Crippen molar-refractivity contribution in [2.75, 3.05) is 0 Å². The van der Waals surface area contributed by atoms with Gasteiger partial charge < -0.3 is 0 Å². The zero-order valence-corrected chi connectivity index (χ0v) is 73.0. The lowest BCUT2D eigenvalue weighted by atomic mass is 9.98. The van der Waals surface area contributed by atoms with Crippen molar-refractivity contribution >= 4 is 0 Å². The highest BCUT2D eigenvalue weighted by Gasteiger charge is 2.29. The molecule has 0 N–H and O–H groups in total. The summed E-state index contributed by atoms with van der Waals surface area (Å²) in [7, 11) is 0. The van der Waals surface area contributed by atoms with E-state index in [0.717, 1.165) is 159 Å². The summed E-state index contributed by atoms with van der Waals surface area (Å²) in [6.45, 7) is 0. The standard InChI is InChI=1S/C44H29N5.2C38H25N5/c1-3-10-29(11-4-1)31-18-22-33(23-19-31)42-47-43(34-24-20-32(21-25-34)30-12-5-2-6-13-30)49-44(48-42)37-16-9-15-36(26-37)40-39-27-35-14-7-8-17-38(35)41(39)46-28-45-40;1-3-10-26(11-4-1)36-41-37(27-12-5-2-6-13-27)43-38(42-36)28-20-18-25(19-21-28)29-15-9-16-31(22-29)34-33-23-30-14-7-8-17-32(30)35(33)40-24-39-34;1-3-10-25(11-4-1)26-18-20-28(21-19-26)37-41-36(27-12-5-2-6-13-27)42-38(43-37)31-16-9-15-30(22-31)34-33-23-29-14-7-8-17-32(29)35(33)40-24-39-34/h1-26,28H,27H2;2*1-22,24H,23H2. The molecule has 15 nitrogen and oxygen atoms in total. The summed E-state index contributed by atoms with van der Waals surface area (Å²) in [6, 6.07) is 145. The molecule has 6 aromatic heterocycles. The Kier molecular flexibility index (Phi) is 21.9. The molecule has 25 rings (SSSR count). The summed E-state index contributed by atoms with van der Waals surface area (Å²) >= 11 is 0. The monoisotopic (exact) mass is 1730 g/mol. The van der Waals surface area contributed by atoms with Crippen molar-refractivity contribution in [3.63, 3.8) is 0 Å². The highest BCUT2D eigenvalue weighted by atomic mass is 15.1. The molecule has 0 saturated heterocycles. The molecule has 0 atom stereocenters. The van der Waals surface area contributed by atoms with Gasteiger partial charge in [0.15, 0.2) is 52.4 Å². The van der Waals surface area contributed by atoms with Crippen LogP contribution < -0.4 is 0 Å². The van der Waals surface area contributed by atoms with Crippen molar-refractivity contribution < 1.29 is 0 Å². The second-order valence-corrected chi connectivity index (χ2v) is 33.3. The van der Waals surface area contributed by atoms with Crippen molar-refractivity contribution in [3.05, 3.63) is 477 Å². The molecule has 3 aliphatic carbocycles. The normalized spacial score (nSPS) is 11.6. The van der Waals surface area contributed by atoms with E-state index in [1.54, 1.807) is 19.0 Å². The summed E-state index contributed by atoms with van der Waals surface area (Å²) in [4.78, 5) is 72.7. The lowest BCUT2D eigenvalue weighted by Gasteiger charge is -2.11. The summed E-state index contributed by atoms with van der Waals surface area (Å²) < 4.78 is 0. The van der Waals surface area contributed by atoms with E-state index >= 15 is 0 Å². The van der Waals surface area contributed by atoms with Gasteiger partial charge >= 0.3 is 0 Å². The lowest BCUT2D eigenvalue weighted by molar-refractivity contribution is 1.07. The molecule has 0 saturated carbocycles. The second-order valence-electron chi connectivity index (χ2n) is 33.3. The van der Waals surface area contributed by atoms with Gasteiger partial charge in [0.1, 0.15) is 19.0 Å². The molecule has 15 heteroatoms. The van der Waals surface area contributed by atoms with Crippen LogP contribution in [0.3, 0.4) is 0 Å². The summed E-state index contributed by atoms with van der Waals surface area (Å²) in [6.07, 6.45) is 7.49. The second kappa shape index (κ2) is 36.4. The van der Waals surface area contributed by atoms with E-state index < -0.39 is 0 Å². The maximum Gasteiger partial charge on any atom is 0.164 e. The van der Waals surface area contributed by atoms with Crippen molar-refractivity contribution in [2.24, 2.45) is 0 Å². The Morgan fingerprint density at radius 3 is 0.563 bits per heavy atom. The molecule has 16 aromatic carbocycles. The van der Waals surface area contributed by atoms with E-state index in [2.05, 4.69) is 312 Å². The Balaban J connectivity index is 0.000000114. The number of benzene rings is 16. The van der Waals surface area contributed by atoms with Crippen LogP contribution in [0, 0.1) is 0 Å². The van der Waals surface area contributed by atoms with Gasteiger partial charge in [-0.25, -0.2) is 74.8 Å². The molecule has 0 radical (unpaired) electrons. The number of nitrogens with zero attached hydrogens (tertiary/aromatic N) is 15. The Morgan fingerprint density at radius 2 is 0.296 bits per heavy atom. The molecule has 135 heavy (non-hydrogen) atoms. The summed E-state index contributed by atoms with van der Waals surface area (Å²) in [5, 5.41) is 0. The Morgan fingerprint density at radius 1 is 0.126 bits per heavy atom. The van der Waals surface area contributed by atoms with Gasteiger partial charge in [0.05, 0.1) is 34.2 Å². The minimum atomic E-state index is 0.607. The number of hydrogen-bond acceptors (Lipinski definition) is 15. The number of fused-ring (bicyclic) bond motifs is 9. The van der Waals surface area contributed by atoms with Gasteiger partial charge in [-0.15, -0.1) is 0 Å². The summed E-state index contributed by atoms with van der Waals surface area (Å²) in [5.74, 6) is 5.68. The van der Waals surface area contributed by atoms with Crippen LogP contribution in [0.25, 0.3) is 215 Å². The minimum absolute atomic E-state index is 0.607. The minimum Gasteiger partial charge on any atom is -0.236 e. The first-order chi connectivity index (χ1) is 66.9. The van der Waals surface area contributed by atoms with Crippen LogP contribution in [-0.4, -0.2) is 74.8 Å². The van der Waals surface area contributed by atoms with Crippen LogP contribution in [0.5, 0.6) is 0 Å². The molecule has 0 bridgehead atoms. The average molecular weight is 1730 g/mol. The molecular weight excluding hydrogens is 1650 g/mol. The largest absolute Gasteiger partial charge is 0.236 e. The fourth-order valence-corrected chi connectivity index (χ4v) is 18.1. The van der Waals surface area contributed by atoms with E-state index in [9.17, 15) is 0 Å². The van der Waals surface area contributed by atoms with E-state index in [1.165, 1.54) is 55.6 Å². The van der Waals surface area contributed by atoms with Gasteiger partial charge in [-0.3, -0.25) is 0 Å². The Bertz CT molecular complexity index is 7980. The average Bonchev–Trinajstić information content (AvgIpc) is 1.63. The zero-order valence-electron chi connectivity index (χ0n) is 73.0. The topological polar surface area (TPSA) is 193 Å². The molecule has 0 amide bonds. The molecular formula is C120H79N15. The van der Waals surface area contributed by atoms with Gasteiger partial charge in [0, 0.05) is 119 Å². The van der Waals surface area contributed by atoms with Gasteiger partial charge in [-0.2, -0.15) is 0 Å². The fourth-order valence-electron chi connectivity index (χ4n) is 18.1. The van der Waals surface area contributed by atoms with Crippen LogP contribution in [0.15, 0.2) is 444 Å². The molecule has 0 aliphatic heterocycles. The maximum atomic E-state index is 5.05.